The van der Waals surface area contributed by atoms with Crippen LogP contribution in [0.15, 0.2) is 71.5 Å². The van der Waals surface area contributed by atoms with E-state index in [-0.39, 0.29) is 5.82 Å². The van der Waals surface area contributed by atoms with E-state index in [1.165, 1.54) is 4.57 Å². The first-order chi connectivity index (χ1) is 15.2. The molecule has 32 heavy (non-hydrogen) atoms. The Kier molecular flexibility index (Phi) is 5.43. The molecule has 0 atom stereocenters. The van der Waals surface area contributed by atoms with E-state index < -0.39 is 45.0 Å². The third-order valence-corrected chi connectivity index (χ3v) is 4.84. The Morgan fingerprint density at radius 1 is 1.00 bits per heavy atom. The van der Waals surface area contributed by atoms with E-state index >= 15 is 0 Å². The summed E-state index contributed by atoms with van der Waals surface area (Å²) in [6.07, 6.45) is -5.43. The van der Waals surface area contributed by atoms with Crippen molar-refractivity contribution in [2.75, 3.05) is 5.32 Å². The highest BCUT2D eigenvalue weighted by molar-refractivity contribution is 6.31. The molecule has 10 heteroatoms. The largest absolute Gasteiger partial charge is 0.455 e. The highest BCUT2D eigenvalue weighted by atomic mass is 35.5. The van der Waals surface area contributed by atoms with E-state index in [2.05, 4.69) is 10.3 Å². The quantitative estimate of drug-likeness (QED) is 0.242. The van der Waals surface area contributed by atoms with E-state index in [0.29, 0.717) is 11.4 Å². The molecule has 0 saturated carbocycles. The van der Waals surface area contributed by atoms with Gasteiger partial charge in [0, 0.05) is 17.4 Å². The molecule has 2 aromatic carbocycles. The number of hydrogen-bond donors (Lipinski definition) is 1. The molecule has 0 amide bonds. The molecule has 0 unspecified atom stereocenters. The Morgan fingerprint density at radius 3 is 2.19 bits per heavy atom. The normalized spacial score (nSPS) is 11.5. The number of alkyl halides is 3. The number of para-hydroxylation sites is 2. The number of ketones is 1. The van der Waals surface area contributed by atoms with Crippen molar-refractivity contribution in [3.63, 3.8) is 0 Å². The SMILES string of the molecule is O=C(c1c(F)c(Cl)nc2c1c(=O)cc(Nc1ccccc1)n2-c1ccccc1)C(F)(F)F. The highest BCUT2D eigenvalue weighted by Crippen LogP contribution is 2.32. The second kappa shape index (κ2) is 8.08. The number of aromatic nitrogens is 2. The van der Waals surface area contributed by atoms with Gasteiger partial charge in [-0.05, 0) is 24.3 Å². The lowest BCUT2D eigenvalue weighted by Crippen LogP contribution is -2.27. The van der Waals surface area contributed by atoms with Gasteiger partial charge in [-0.15, -0.1) is 0 Å². The average Bonchev–Trinajstić information content (AvgIpc) is 2.75. The number of pyridine rings is 2. The Bertz CT molecular complexity index is 1390. The van der Waals surface area contributed by atoms with Crippen molar-refractivity contribution in [2.45, 2.75) is 6.18 Å². The number of hydrogen-bond acceptors (Lipinski definition) is 4. The lowest BCUT2D eigenvalue weighted by Gasteiger charge is -2.19. The van der Waals surface area contributed by atoms with Crippen LogP contribution in [-0.4, -0.2) is 21.5 Å². The molecule has 0 fully saturated rings. The maximum Gasteiger partial charge on any atom is 0.455 e. The highest BCUT2D eigenvalue weighted by Gasteiger charge is 2.43. The molecule has 0 aliphatic rings. The van der Waals surface area contributed by atoms with E-state index in [1.54, 1.807) is 60.7 Å². The summed E-state index contributed by atoms with van der Waals surface area (Å²) in [6, 6.07) is 17.8. The molecule has 4 rings (SSSR count). The summed E-state index contributed by atoms with van der Waals surface area (Å²) in [6.45, 7) is 0. The molecule has 162 valence electrons. The van der Waals surface area contributed by atoms with Gasteiger partial charge in [0.15, 0.2) is 22.0 Å². The third kappa shape index (κ3) is 3.82. The van der Waals surface area contributed by atoms with Crippen LogP contribution in [0.4, 0.5) is 29.1 Å². The Labute approximate surface area is 182 Å². The van der Waals surface area contributed by atoms with Gasteiger partial charge < -0.3 is 5.32 Å². The summed E-state index contributed by atoms with van der Waals surface area (Å²) >= 11 is 5.77. The number of halogens is 5. The summed E-state index contributed by atoms with van der Waals surface area (Å²) in [7, 11) is 0. The van der Waals surface area contributed by atoms with Gasteiger partial charge in [0.2, 0.25) is 0 Å². The molecule has 1 N–H and O–H groups in total. The summed E-state index contributed by atoms with van der Waals surface area (Å²) in [4.78, 5) is 28.7. The summed E-state index contributed by atoms with van der Waals surface area (Å²) < 4.78 is 55.5. The number of nitrogens with one attached hydrogen (secondary N) is 1. The maximum absolute atomic E-state index is 14.6. The fraction of sp³-hybridized carbons (Fsp3) is 0.0455. The number of benzene rings is 2. The maximum atomic E-state index is 14.6. The third-order valence-electron chi connectivity index (χ3n) is 4.59. The minimum Gasteiger partial charge on any atom is -0.341 e. The van der Waals surface area contributed by atoms with E-state index in [0.717, 1.165) is 6.07 Å². The van der Waals surface area contributed by atoms with Crippen LogP contribution >= 0.6 is 11.6 Å². The van der Waals surface area contributed by atoms with Crippen molar-refractivity contribution in [3.05, 3.63) is 93.5 Å². The molecule has 0 bridgehead atoms. The fourth-order valence-electron chi connectivity index (χ4n) is 3.25. The first-order valence-electron chi connectivity index (χ1n) is 9.12. The number of carbonyl (C=O) groups excluding carboxylic acids is 1. The Hall–Kier alpha value is -3.72. The standard InChI is InChI=1S/C22H12ClF4N3O2/c23-20-18(24)17(19(32)22(25,26)27)16-14(31)11-15(28-12-7-3-1-4-8-12)30(21(16)29-20)13-9-5-2-6-10-13/h1-11,28H. The molecule has 2 aromatic heterocycles. The number of anilines is 2. The van der Waals surface area contributed by atoms with Crippen LogP contribution in [0, 0.1) is 5.82 Å². The Balaban J connectivity index is 2.13. The van der Waals surface area contributed by atoms with Crippen molar-refractivity contribution in [1.82, 2.24) is 9.55 Å². The van der Waals surface area contributed by atoms with Gasteiger partial charge in [-0.25, -0.2) is 9.37 Å². The molecule has 0 spiro atoms. The first kappa shape index (κ1) is 21.5. The fourth-order valence-corrected chi connectivity index (χ4v) is 3.42. The van der Waals surface area contributed by atoms with Crippen LogP contribution < -0.4 is 10.7 Å². The predicted molar refractivity (Wildman–Crippen MR) is 112 cm³/mol. The van der Waals surface area contributed by atoms with Crippen molar-refractivity contribution >= 4 is 39.9 Å². The Morgan fingerprint density at radius 2 is 1.59 bits per heavy atom. The monoisotopic (exact) mass is 461 g/mol. The molecular formula is C22H12ClF4N3O2. The van der Waals surface area contributed by atoms with Gasteiger partial charge >= 0.3 is 6.18 Å². The molecule has 0 radical (unpaired) electrons. The van der Waals surface area contributed by atoms with Crippen LogP contribution in [0.1, 0.15) is 10.4 Å². The molecule has 2 heterocycles. The topological polar surface area (TPSA) is 64.0 Å². The zero-order valence-corrected chi connectivity index (χ0v) is 16.7. The zero-order chi connectivity index (χ0) is 23.0. The number of rotatable bonds is 4. The summed E-state index contributed by atoms with van der Waals surface area (Å²) in [5.41, 5.74) is -1.94. The summed E-state index contributed by atoms with van der Waals surface area (Å²) in [5.74, 6) is -4.10. The van der Waals surface area contributed by atoms with E-state index in [4.69, 9.17) is 11.6 Å². The van der Waals surface area contributed by atoms with Gasteiger partial charge in [0.05, 0.1) is 10.9 Å². The van der Waals surface area contributed by atoms with E-state index in [1.807, 2.05) is 0 Å². The van der Waals surface area contributed by atoms with Gasteiger partial charge in [0.1, 0.15) is 5.82 Å². The first-order valence-corrected chi connectivity index (χ1v) is 9.50. The minimum atomic E-state index is -5.43. The van der Waals surface area contributed by atoms with Crippen LogP contribution in [0.25, 0.3) is 16.7 Å². The molecular weight excluding hydrogens is 450 g/mol. The van der Waals surface area contributed by atoms with Gasteiger partial charge in [0.25, 0.3) is 5.78 Å². The van der Waals surface area contributed by atoms with Gasteiger partial charge in [-0.1, -0.05) is 48.0 Å². The molecule has 0 aliphatic heterocycles. The second-order valence-corrected chi connectivity index (χ2v) is 7.03. The van der Waals surface area contributed by atoms with E-state index in [9.17, 15) is 27.2 Å². The lowest BCUT2D eigenvalue weighted by molar-refractivity contribution is -0.0886. The number of carbonyl (C=O) groups is 1. The zero-order valence-electron chi connectivity index (χ0n) is 16.0. The predicted octanol–water partition coefficient (Wildman–Crippen LogP) is 5.67. The smallest absolute Gasteiger partial charge is 0.341 e. The molecule has 0 aliphatic carbocycles. The van der Waals surface area contributed by atoms with Crippen molar-refractivity contribution in [1.29, 1.82) is 0 Å². The van der Waals surface area contributed by atoms with Gasteiger partial charge in [-0.2, -0.15) is 13.2 Å². The molecule has 0 saturated heterocycles. The van der Waals surface area contributed by atoms with Crippen LogP contribution in [0.5, 0.6) is 0 Å². The lowest BCUT2D eigenvalue weighted by atomic mass is 10.1. The minimum absolute atomic E-state index is 0.125. The number of fused-ring (bicyclic) bond motifs is 1. The van der Waals surface area contributed by atoms with Crippen molar-refractivity contribution in [2.24, 2.45) is 0 Å². The molecule has 4 aromatic rings. The number of nitrogens with zero attached hydrogens (tertiary/aromatic N) is 2. The van der Waals surface area contributed by atoms with Gasteiger partial charge in [-0.3, -0.25) is 14.2 Å². The van der Waals surface area contributed by atoms with Crippen LogP contribution in [0.2, 0.25) is 5.15 Å². The van der Waals surface area contributed by atoms with Crippen molar-refractivity contribution in [3.8, 4) is 5.69 Å². The van der Waals surface area contributed by atoms with Crippen molar-refractivity contribution < 1.29 is 22.4 Å². The average molecular weight is 462 g/mol. The van der Waals surface area contributed by atoms with Crippen LogP contribution in [0.3, 0.4) is 0 Å². The van der Waals surface area contributed by atoms with Crippen LogP contribution in [-0.2, 0) is 0 Å². The number of Topliss-reactive ketones (excluding diaryl/α,β-unsaturated/α-hetero) is 1. The summed E-state index contributed by atoms with van der Waals surface area (Å²) in [5, 5.41) is 1.21. The molecule has 5 nitrogen and oxygen atoms in total. The second-order valence-electron chi connectivity index (χ2n) is 6.67.